The van der Waals surface area contributed by atoms with Crippen LogP contribution in [0.4, 0.5) is 0 Å². The minimum atomic E-state index is -2.26. The van der Waals surface area contributed by atoms with E-state index in [1.807, 2.05) is 0 Å². The van der Waals surface area contributed by atoms with Gasteiger partial charge in [-0.05, 0) is 19.3 Å². The molecule has 0 aromatic carbocycles. The van der Waals surface area contributed by atoms with Gasteiger partial charge in [0.15, 0.2) is 0 Å². The predicted molar refractivity (Wildman–Crippen MR) is 109 cm³/mol. The van der Waals surface area contributed by atoms with Crippen molar-refractivity contribution in [2.45, 2.75) is 116 Å². The summed E-state index contributed by atoms with van der Waals surface area (Å²) in [4.78, 5) is 0. The largest absolute Gasteiger partial charge is 0.500 e. The lowest BCUT2D eigenvalue weighted by molar-refractivity contribution is 0.0616. The van der Waals surface area contributed by atoms with E-state index in [1.165, 1.54) is 89.9 Å². The zero-order valence-corrected chi connectivity index (χ0v) is 18.2. The molecule has 1 fully saturated rings. The number of hydrogen-bond acceptors (Lipinski definition) is 3. The minimum Gasteiger partial charge on any atom is -0.377 e. The molecule has 0 bridgehead atoms. The van der Waals surface area contributed by atoms with Gasteiger partial charge in [-0.15, -0.1) is 0 Å². The van der Waals surface area contributed by atoms with E-state index in [1.54, 1.807) is 7.11 Å². The molecule has 0 aliphatic carbocycles. The second kappa shape index (κ2) is 16.3. The molecule has 1 saturated heterocycles. The van der Waals surface area contributed by atoms with E-state index >= 15 is 0 Å². The van der Waals surface area contributed by atoms with Crippen LogP contribution in [0.15, 0.2) is 0 Å². The molecule has 0 radical (unpaired) electrons. The van der Waals surface area contributed by atoms with E-state index in [2.05, 4.69) is 6.92 Å². The van der Waals surface area contributed by atoms with Crippen LogP contribution in [0.1, 0.15) is 110 Å². The third-order valence-corrected chi connectivity index (χ3v) is 8.21. The van der Waals surface area contributed by atoms with Gasteiger partial charge in [0.2, 0.25) is 0 Å². The van der Waals surface area contributed by atoms with E-state index in [-0.39, 0.29) is 0 Å². The first-order valence-electron chi connectivity index (χ1n) is 11.2. The van der Waals surface area contributed by atoms with Gasteiger partial charge < -0.3 is 13.3 Å². The minimum absolute atomic E-state index is 0.818. The van der Waals surface area contributed by atoms with E-state index in [4.69, 9.17) is 13.3 Å². The Hall–Kier alpha value is 0.0969. The van der Waals surface area contributed by atoms with E-state index in [0.29, 0.717) is 0 Å². The molecule has 3 nitrogen and oxygen atoms in total. The molecular formula is C21H44O3Si. The van der Waals surface area contributed by atoms with Crippen molar-refractivity contribution in [3.63, 3.8) is 0 Å². The van der Waals surface area contributed by atoms with Crippen molar-refractivity contribution in [3.8, 4) is 0 Å². The quantitative estimate of drug-likeness (QED) is 0.206. The van der Waals surface area contributed by atoms with Gasteiger partial charge in [-0.3, -0.25) is 0 Å². The van der Waals surface area contributed by atoms with Gasteiger partial charge in [0.05, 0.1) is 0 Å². The highest BCUT2D eigenvalue weighted by molar-refractivity contribution is 6.60. The van der Waals surface area contributed by atoms with Gasteiger partial charge in [-0.1, -0.05) is 90.4 Å². The second-order valence-electron chi connectivity index (χ2n) is 7.64. The molecule has 0 aromatic heterocycles. The first-order chi connectivity index (χ1) is 12.3. The van der Waals surface area contributed by atoms with Crippen LogP contribution < -0.4 is 0 Å². The summed E-state index contributed by atoms with van der Waals surface area (Å²) < 4.78 is 17.4. The van der Waals surface area contributed by atoms with Gasteiger partial charge in [-0.25, -0.2) is 0 Å². The van der Waals surface area contributed by atoms with Crippen LogP contribution in [-0.2, 0) is 13.3 Å². The summed E-state index contributed by atoms with van der Waals surface area (Å²) in [5.41, 5.74) is 0. The summed E-state index contributed by atoms with van der Waals surface area (Å²) >= 11 is 0. The monoisotopic (exact) mass is 372 g/mol. The zero-order valence-electron chi connectivity index (χ0n) is 17.2. The number of unbranched alkanes of at least 4 members (excludes halogenated alkanes) is 13. The maximum Gasteiger partial charge on any atom is 0.500 e. The molecule has 0 amide bonds. The fourth-order valence-corrected chi connectivity index (χ4v) is 6.01. The molecule has 1 rings (SSSR count). The van der Waals surface area contributed by atoms with Gasteiger partial charge in [-0.2, -0.15) is 0 Å². The average Bonchev–Trinajstić information content (AvgIpc) is 2.65. The summed E-state index contributed by atoms with van der Waals surface area (Å²) in [5.74, 6) is 0. The Morgan fingerprint density at radius 2 is 1.24 bits per heavy atom. The molecule has 1 aliphatic heterocycles. The van der Waals surface area contributed by atoms with Gasteiger partial charge in [0.25, 0.3) is 0 Å². The first kappa shape index (κ1) is 23.1. The molecule has 4 heteroatoms. The topological polar surface area (TPSA) is 27.7 Å². The maximum atomic E-state index is 6.02. The highest BCUT2D eigenvalue weighted by Crippen LogP contribution is 2.23. The normalized spacial score (nSPS) is 20.9. The van der Waals surface area contributed by atoms with Gasteiger partial charge in [0.1, 0.15) is 0 Å². The van der Waals surface area contributed by atoms with E-state index in [9.17, 15) is 0 Å². The van der Waals surface area contributed by atoms with Gasteiger partial charge >= 0.3 is 8.80 Å². The molecule has 0 aromatic rings. The molecule has 0 N–H and O–H groups in total. The Balaban J connectivity index is 1.78. The SMILES string of the molecule is CCCCCCCCCCCCCCCCO[Si]1(OC)CCCCO1. The van der Waals surface area contributed by atoms with Crippen molar-refractivity contribution in [3.05, 3.63) is 0 Å². The molecule has 150 valence electrons. The van der Waals surface area contributed by atoms with Crippen molar-refractivity contribution < 1.29 is 13.3 Å². The third kappa shape index (κ3) is 12.2. The molecule has 0 saturated carbocycles. The van der Waals surface area contributed by atoms with Gasteiger partial charge in [0, 0.05) is 26.4 Å². The maximum absolute atomic E-state index is 6.02. The lowest BCUT2D eigenvalue weighted by Crippen LogP contribution is -2.47. The number of hydrogen-bond donors (Lipinski definition) is 0. The van der Waals surface area contributed by atoms with Crippen LogP contribution in [0.3, 0.4) is 0 Å². The smallest absolute Gasteiger partial charge is 0.377 e. The molecule has 1 aliphatic rings. The van der Waals surface area contributed by atoms with E-state index < -0.39 is 8.80 Å². The third-order valence-electron chi connectivity index (χ3n) is 5.33. The fourth-order valence-electron chi connectivity index (χ4n) is 3.60. The zero-order chi connectivity index (χ0) is 18.1. The van der Waals surface area contributed by atoms with Crippen LogP contribution in [0.25, 0.3) is 0 Å². The highest BCUT2D eigenvalue weighted by atomic mass is 28.4. The van der Waals surface area contributed by atoms with Crippen LogP contribution in [0, 0.1) is 0 Å². The molecule has 1 unspecified atom stereocenters. The Bertz CT molecular complexity index is 280. The van der Waals surface area contributed by atoms with Crippen molar-refractivity contribution in [1.29, 1.82) is 0 Å². The van der Waals surface area contributed by atoms with Crippen LogP contribution in [-0.4, -0.2) is 29.1 Å². The van der Waals surface area contributed by atoms with Crippen LogP contribution in [0.5, 0.6) is 0 Å². The van der Waals surface area contributed by atoms with Crippen molar-refractivity contribution in [1.82, 2.24) is 0 Å². The molecule has 1 heterocycles. The molecule has 0 spiro atoms. The Kier molecular flexibility index (Phi) is 15.1. The average molecular weight is 373 g/mol. The Morgan fingerprint density at radius 3 is 1.68 bits per heavy atom. The van der Waals surface area contributed by atoms with Crippen LogP contribution >= 0.6 is 0 Å². The summed E-state index contributed by atoms with van der Waals surface area (Å²) in [5, 5.41) is 0. The van der Waals surface area contributed by atoms with Crippen molar-refractivity contribution >= 4 is 8.80 Å². The van der Waals surface area contributed by atoms with Crippen LogP contribution in [0.2, 0.25) is 6.04 Å². The molecule has 1 atom stereocenters. The fraction of sp³-hybridized carbons (Fsp3) is 1.00. The summed E-state index contributed by atoms with van der Waals surface area (Å²) in [6.45, 7) is 3.92. The molecule has 25 heavy (non-hydrogen) atoms. The Morgan fingerprint density at radius 1 is 0.720 bits per heavy atom. The second-order valence-corrected chi connectivity index (χ2v) is 10.5. The Labute approximate surface area is 158 Å². The predicted octanol–water partition coefficient (Wildman–Crippen LogP) is 6.88. The highest BCUT2D eigenvalue weighted by Gasteiger charge is 2.41. The van der Waals surface area contributed by atoms with Crippen molar-refractivity contribution in [2.24, 2.45) is 0 Å². The first-order valence-corrected chi connectivity index (χ1v) is 13.1. The summed E-state index contributed by atoms with van der Waals surface area (Å²) in [6.07, 6.45) is 21.8. The summed E-state index contributed by atoms with van der Waals surface area (Å²) in [6, 6.07) is 1.00. The standard InChI is InChI=1S/C21H44O3Si/c1-3-4-5-6-7-8-9-10-11-12-13-14-15-16-19-23-25(22-2)21-18-17-20-24-25/h3-21H2,1-2H3. The van der Waals surface area contributed by atoms with E-state index in [0.717, 1.165) is 32.1 Å². The van der Waals surface area contributed by atoms with Crippen molar-refractivity contribution in [2.75, 3.05) is 20.3 Å². The number of rotatable bonds is 17. The lowest BCUT2D eigenvalue weighted by atomic mass is 10.0. The lowest BCUT2D eigenvalue weighted by Gasteiger charge is -2.31. The summed E-state index contributed by atoms with van der Waals surface area (Å²) in [7, 11) is -0.509. The molecular weight excluding hydrogens is 328 g/mol.